The maximum atomic E-state index is 2.60. The number of rotatable bonds is 11. The zero-order chi connectivity index (χ0) is 32.0. The monoisotopic (exact) mass is 666 g/mol. The van der Waals surface area contributed by atoms with Gasteiger partial charge in [-0.05, 0) is 66.9 Å². The van der Waals surface area contributed by atoms with Gasteiger partial charge in [0.1, 0.15) is 0 Å². The fraction of sp³-hybridized carbons (Fsp3) is 0.227. The van der Waals surface area contributed by atoms with Crippen molar-refractivity contribution in [2.24, 2.45) is 0 Å². The minimum absolute atomic E-state index is 0.339. The van der Waals surface area contributed by atoms with Crippen LogP contribution in [0.15, 0.2) is 158 Å². The Morgan fingerprint density at radius 2 is 0.787 bits per heavy atom. The highest BCUT2D eigenvalue weighted by Crippen LogP contribution is 2.67. The standard InChI is InChI=1S/C44H45P3/c1-34(41-30-18-32-43(41)46(37-22-10-4-11-23-37)38-24-12-5-13-25-38)45(36-20-8-3-9-21-36)35(2)42-31-19-33-44(42)47(39-26-14-6-15-27-39)40-28-16-7-17-29-40/h4-7,10-19,22-36H,3,8-9,20-21H2,1-2H3/q-2/t34-,35-/m1/s1. The summed E-state index contributed by atoms with van der Waals surface area (Å²) in [6.45, 7) is 5.19. The lowest BCUT2D eigenvalue weighted by Crippen LogP contribution is -2.25. The summed E-state index contributed by atoms with van der Waals surface area (Å²) in [4.78, 5) is 0. The Balaban J connectivity index is 1.31. The quantitative estimate of drug-likeness (QED) is 0.0954. The molecule has 0 N–H and O–H groups in total. The summed E-state index contributed by atoms with van der Waals surface area (Å²) >= 11 is 0. The molecule has 0 aromatic heterocycles. The predicted octanol–water partition coefficient (Wildman–Crippen LogP) is 10.3. The van der Waals surface area contributed by atoms with Crippen LogP contribution in [0.5, 0.6) is 0 Å². The van der Waals surface area contributed by atoms with Gasteiger partial charge in [0.15, 0.2) is 0 Å². The van der Waals surface area contributed by atoms with Crippen LogP contribution in [0.25, 0.3) is 0 Å². The first-order chi connectivity index (χ1) is 23.2. The van der Waals surface area contributed by atoms with Crippen molar-refractivity contribution in [3.8, 4) is 0 Å². The van der Waals surface area contributed by atoms with Crippen LogP contribution in [-0.2, 0) is 0 Å². The molecule has 1 fully saturated rings. The van der Waals surface area contributed by atoms with Crippen LogP contribution in [0.1, 0.15) is 68.4 Å². The van der Waals surface area contributed by atoms with Crippen LogP contribution < -0.4 is 31.8 Å². The molecule has 0 spiro atoms. The topological polar surface area (TPSA) is 0 Å². The molecular weight excluding hydrogens is 621 g/mol. The zero-order valence-electron chi connectivity index (χ0n) is 27.6. The molecule has 0 nitrogen and oxygen atoms in total. The van der Waals surface area contributed by atoms with E-state index in [0.717, 1.165) is 5.66 Å². The van der Waals surface area contributed by atoms with E-state index in [4.69, 9.17) is 0 Å². The van der Waals surface area contributed by atoms with Crippen molar-refractivity contribution in [3.05, 3.63) is 169 Å². The first-order valence-electron chi connectivity index (χ1n) is 17.3. The Hall–Kier alpha value is -3.13. The third-order valence-corrected chi connectivity index (χ3v) is 18.7. The van der Waals surface area contributed by atoms with E-state index in [9.17, 15) is 0 Å². The summed E-state index contributed by atoms with van der Waals surface area (Å²) in [7, 11) is -1.60. The van der Waals surface area contributed by atoms with Crippen LogP contribution in [0.3, 0.4) is 0 Å². The second-order valence-electron chi connectivity index (χ2n) is 12.8. The van der Waals surface area contributed by atoms with E-state index in [1.807, 2.05) is 0 Å². The second kappa shape index (κ2) is 15.4. The summed E-state index contributed by atoms with van der Waals surface area (Å²) in [6.07, 6.45) is 6.92. The van der Waals surface area contributed by atoms with E-state index in [0.29, 0.717) is 11.3 Å². The van der Waals surface area contributed by atoms with Crippen molar-refractivity contribution in [3.63, 3.8) is 0 Å². The minimum atomic E-state index is -0.632. The molecule has 0 heterocycles. The molecule has 6 aromatic rings. The van der Waals surface area contributed by atoms with Gasteiger partial charge < -0.3 is 0 Å². The molecule has 2 atom stereocenters. The summed E-state index contributed by atoms with van der Waals surface area (Å²) in [6, 6.07) is 59.6. The highest BCUT2D eigenvalue weighted by atomic mass is 31.1. The van der Waals surface area contributed by atoms with E-state index in [2.05, 4.69) is 172 Å². The molecule has 3 heteroatoms. The van der Waals surface area contributed by atoms with E-state index < -0.39 is 15.8 Å². The Bertz CT molecular complexity index is 1590. The average Bonchev–Trinajstić information content (AvgIpc) is 3.82. The summed E-state index contributed by atoms with van der Waals surface area (Å²) < 4.78 is 0. The largest absolute Gasteiger partial charge is 0.213 e. The van der Waals surface area contributed by atoms with Gasteiger partial charge in [0, 0.05) is 0 Å². The van der Waals surface area contributed by atoms with Crippen LogP contribution in [-0.4, -0.2) is 5.66 Å². The van der Waals surface area contributed by atoms with Gasteiger partial charge in [-0.1, -0.05) is 154 Å². The maximum absolute atomic E-state index is 2.60. The predicted molar refractivity (Wildman–Crippen MR) is 212 cm³/mol. The molecule has 1 saturated carbocycles. The summed E-state index contributed by atoms with van der Waals surface area (Å²) in [5, 5.41) is 8.88. The van der Waals surface area contributed by atoms with E-state index >= 15 is 0 Å². The lowest BCUT2D eigenvalue weighted by atomic mass is 10.0. The molecule has 0 amide bonds. The molecule has 0 aliphatic heterocycles. The SMILES string of the molecule is C[C@H]([c-]1cccc1P(c1ccccc1)c1ccccc1)P(C1CCCCC1)[C@H](C)[c-]1cccc1P(c1ccccc1)c1ccccc1. The van der Waals surface area contributed by atoms with Gasteiger partial charge in [0.05, 0.1) is 0 Å². The van der Waals surface area contributed by atoms with Gasteiger partial charge in [0.2, 0.25) is 0 Å². The molecule has 0 unspecified atom stereocenters. The first-order valence-corrected chi connectivity index (χ1v) is 21.5. The van der Waals surface area contributed by atoms with Crippen LogP contribution in [0.4, 0.5) is 0 Å². The smallest absolute Gasteiger partial charge is 0.0171 e. The first kappa shape index (κ1) is 32.4. The van der Waals surface area contributed by atoms with Crippen molar-refractivity contribution in [1.29, 1.82) is 0 Å². The molecular formula is C44H45P3-2. The maximum Gasteiger partial charge on any atom is -0.0171 e. The highest BCUT2D eigenvalue weighted by molar-refractivity contribution is 7.80. The number of hydrogen-bond donors (Lipinski definition) is 0. The minimum Gasteiger partial charge on any atom is -0.213 e. The fourth-order valence-electron chi connectivity index (χ4n) is 7.79. The highest BCUT2D eigenvalue weighted by Gasteiger charge is 2.33. The van der Waals surface area contributed by atoms with Crippen LogP contribution in [0, 0.1) is 0 Å². The van der Waals surface area contributed by atoms with Crippen LogP contribution in [0.2, 0.25) is 0 Å². The normalized spacial score (nSPS) is 15.3. The van der Waals surface area contributed by atoms with Gasteiger partial charge >= 0.3 is 0 Å². The van der Waals surface area contributed by atoms with Crippen molar-refractivity contribution in [1.82, 2.24) is 0 Å². The third kappa shape index (κ3) is 7.04. The van der Waals surface area contributed by atoms with Crippen molar-refractivity contribution in [2.45, 2.75) is 62.9 Å². The van der Waals surface area contributed by atoms with Gasteiger partial charge in [-0.3, -0.25) is 0 Å². The molecule has 6 aromatic carbocycles. The molecule has 0 radical (unpaired) electrons. The van der Waals surface area contributed by atoms with Crippen molar-refractivity contribution < 1.29 is 0 Å². The summed E-state index contributed by atoms with van der Waals surface area (Å²) in [5.74, 6) is 0. The lowest BCUT2D eigenvalue weighted by molar-refractivity contribution is 0.507. The lowest BCUT2D eigenvalue weighted by Gasteiger charge is -2.44. The van der Waals surface area contributed by atoms with E-state index in [1.165, 1.54) is 53.3 Å². The van der Waals surface area contributed by atoms with Gasteiger partial charge in [-0.15, -0.1) is 29.7 Å². The second-order valence-corrected chi connectivity index (χ2v) is 20.4. The number of benzene rings is 4. The Morgan fingerprint density at radius 3 is 1.13 bits per heavy atom. The van der Waals surface area contributed by atoms with Crippen LogP contribution >= 0.6 is 23.8 Å². The van der Waals surface area contributed by atoms with Gasteiger partial charge in [0.25, 0.3) is 0 Å². The van der Waals surface area contributed by atoms with Gasteiger partial charge in [-0.25, -0.2) is 24.3 Å². The fourth-order valence-corrected chi connectivity index (χ4v) is 17.1. The molecule has 1 aliphatic carbocycles. The molecule has 0 bridgehead atoms. The van der Waals surface area contributed by atoms with E-state index in [-0.39, 0.29) is 7.92 Å². The van der Waals surface area contributed by atoms with Crippen molar-refractivity contribution >= 4 is 55.6 Å². The number of hydrogen-bond acceptors (Lipinski definition) is 0. The average molecular weight is 667 g/mol. The molecule has 238 valence electrons. The zero-order valence-corrected chi connectivity index (χ0v) is 30.3. The molecule has 47 heavy (non-hydrogen) atoms. The third-order valence-electron chi connectivity index (χ3n) is 9.98. The molecule has 7 rings (SSSR count). The van der Waals surface area contributed by atoms with Gasteiger partial charge in [-0.2, -0.15) is 12.1 Å². The van der Waals surface area contributed by atoms with E-state index in [1.54, 1.807) is 21.7 Å². The van der Waals surface area contributed by atoms with Crippen molar-refractivity contribution in [2.75, 3.05) is 0 Å². The Kier molecular flexibility index (Phi) is 10.6. The molecule has 1 aliphatic rings. The summed E-state index contributed by atoms with van der Waals surface area (Å²) in [5.41, 5.74) is 5.03. The molecule has 0 saturated heterocycles. The Labute approximate surface area is 286 Å². The Morgan fingerprint density at radius 1 is 0.447 bits per heavy atom.